The molecule has 0 atom stereocenters. The van der Waals surface area contributed by atoms with E-state index in [1.54, 1.807) is 0 Å². The van der Waals surface area contributed by atoms with Crippen LogP contribution in [-0.4, -0.2) is 49.2 Å². The van der Waals surface area contributed by atoms with E-state index < -0.39 is 10.8 Å². The van der Waals surface area contributed by atoms with Gasteiger partial charge in [0.2, 0.25) is 0 Å². The van der Waals surface area contributed by atoms with Crippen molar-refractivity contribution in [2.24, 2.45) is 0 Å². The topological polar surface area (TPSA) is 49.0 Å². The van der Waals surface area contributed by atoms with E-state index in [1.807, 2.05) is 18.3 Å². The van der Waals surface area contributed by atoms with E-state index in [2.05, 4.69) is 28.7 Å². The van der Waals surface area contributed by atoms with E-state index in [4.69, 9.17) is 11.6 Å². The number of rotatable bonds is 4. The third-order valence-corrected chi connectivity index (χ3v) is 6.12. The molecule has 0 amide bonds. The van der Waals surface area contributed by atoms with Gasteiger partial charge in [-0.3, -0.25) is 9.11 Å². The molecule has 1 fully saturated rings. The molecule has 1 N–H and O–H groups in total. The van der Waals surface area contributed by atoms with E-state index >= 15 is 0 Å². The van der Waals surface area contributed by atoms with Crippen LogP contribution in [0.4, 0.5) is 0 Å². The van der Waals surface area contributed by atoms with Crippen molar-refractivity contribution in [3.63, 3.8) is 0 Å². The van der Waals surface area contributed by atoms with Crippen molar-refractivity contribution in [3.05, 3.63) is 29.0 Å². The zero-order valence-corrected chi connectivity index (χ0v) is 14.6. The third kappa shape index (κ3) is 3.36. The second-order valence-electron chi connectivity index (χ2n) is 6.49. The lowest BCUT2D eigenvalue weighted by Gasteiger charge is -2.40. The van der Waals surface area contributed by atoms with Crippen LogP contribution in [0.3, 0.4) is 0 Å². The molecule has 3 rings (SSSR count). The normalized spacial score (nSPS) is 18.1. The molecule has 120 valence electrons. The summed E-state index contributed by atoms with van der Waals surface area (Å²) in [5, 5.41) is 1.67. The van der Waals surface area contributed by atoms with Crippen molar-refractivity contribution in [1.82, 2.24) is 14.9 Å². The molecule has 0 unspecified atom stereocenters. The number of nitrogens with one attached hydrogen (secondary N) is 1. The zero-order chi connectivity index (χ0) is 15.7. The standard InChI is InChI=1S/C16H22ClN3OS/c1-16(2,20-7-9-22(21)10-8-20)6-5-12-11-18-15-13(12)3-4-14(17)19-15/h3-4,11H,5-10H2,1-2H3,(H,18,19). The van der Waals surface area contributed by atoms with Crippen LogP contribution in [0.2, 0.25) is 5.15 Å². The van der Waals surface area contributed by atoms with E-state index in [0.29, 0.717) is 5.15 Å². The number of H-pyrrole nitrogens is 1. The molecule has 2 aromatic rings. The van der Waals surface area contributed by atoms with Gasteiger partial charge in [0, 0.05) is 52.5 Å². The number of aromatic amines is 1. The van der Waals surface area contributed by atoms with Crippen molar-refractivity contribution in [3.8, 4) is 0 Å². The number of aryl methyl sites for hydroxylation is 1. The summed E-state index contributed by atoms with van der Waals surface area (Å²) >= 11 is 5.93. The number of nitrogens with zero attached hydrogens (tertiary/aromatic N) is 2. The van der Waals surface area contributed by atoms with Gasteiger partial charge in [0.15, 0.2) is 0 Å². The van der Waals surface area contributed by atoms with Crippen LogP contribution in [0.25, 0.3) is 11.0 Å². The minimum atomic E-state index is -0.617. The number of fused-ring (bicyclic) bond motifs is 1. The highest BCUT2D eigenvalue weighted by atomic mass is 35.5. The Labute approximate surface area is 138 Å². The molecule has 1 saturated heterocycles. The predicted molar refractivity (Wildman–Crippen MR) is 93.0 cm³/mol. The molecule has 0 spiro atoms. The summed E-state index contributed by atoms with van der Waals surface area (Å²) in [6, 6.07) is 3.87. The lowest BCUT2D eigenvalue weighted by Crippen LogP contribution is -2.50. The van der Waals surface area contributed by atoms with Gasteiger partial charge in [0.05, 0.1) is 0 Å². The highest BCUT2D eigenvalue weighted by Crippen LogP contribution is 2.26. The Bertz CT molecular complexity index is 688. The summed E-state index contributed by atoms with van der Waals surface area (Å²) in [4.78, 5) is 9.98. The van der Waals surface area contributed by atoms with E-state index in [9.17, 15) is 4.21 Å². The van der Waals surface area contributed by atoms with Gasteiger partial charge in [-0.1, -0.05) is 11.6 Å². The second-order valence-corrected chi connectivity index (χ2v) is 8.58. The Morgan fingerprint density at radius 2 is 2.09 bits per heavy atom. The largest absolute Gasteiger partial charge is 0.346 e. The summed E-state index contributed by atoms with van der Waals surface area (Å²) in [6.45, 7) is 6.44. The maximum Gasteiger partial charge on any atom is 0.139 e. The van der Waals surface area contributed by atoms with Crippen LogP contribution >= 0.6 is 11.6 Å². The van der Waals surface area contributed by atoms with Crippen LogP contribution in [0.15, 0.2) is 18.3 Å². The molecule has 22 heavy (non-hydrogen) atoms. The van der Waals surface area contributed by atoms with E-state index in [0.717, 1.165) is 48.5 Å². The summed E-state index contributed by atoms with van der Waals surface area (Å²) in [6.07, 6.45) is 4.10. The van der Waals surface area contributed by atoms with Crippen LogP contribution in [0, 0.1) is 0 Å². The van der Waals surface area contributed by atoms with Gasteiger partial charge in [0.25, 0.3) is 0 Å². The minimum Gasteiger partial charge on any atom is -0.346 e. The fourth-order valence-electron chi connectivity index (χ4n) is 3.09. The number of halogens is 1. The SMILES string of the molecule is CC(C)(CCc1c[nH]c2nc(Cl)ccc12)N1CCS(=O)CC1. The fraction of sp³-hybridized carbons (Fsp3) is 0.562. The smallest absolute Gasteiger partial charge is 0.139 e. The maximum absolute atomic E-state index is 11.5. The highest BCUT2D eigenvalue weighted by molar-refractivity contribution is 7.85. The summed E-state index contributed by atoms with van der Waals surface area (Å²) in [5.74, 6) is 1.61. The molecule has 1 aliphatic rings. The first-order chi connectivity index (χ1) is 10.5. The molecule has 0 radical (unpaired) electrons. The van der Waals surface area contributed by atoms with Crippen LogP contribution in [0.5, 0.6) is 0 Å². The molecule has 1 aliphatic heterocycles. The zero-order valence-electron chi connectivity index (χ0n) is 13.1. The van der Waals surface area contributed by atoms with Crippen LogP contribution in [0.1, 0.15) is 25.8 Å². The molecule has 0 aliphatic carbocycles. The van der Waals surface area contributed by atoms with Crippen molar-refractivity contribution >= 4 is 33.4 Å². The third-order valence-electron chi connectivity index (χ3n) is 4.63. The molecule has 2 aromatic heterocycles. The Morgan fingerprint density at radius 3 is 2.82 bits per heavy atom. The highest BCUT2D eigenvalue weighted by Gasteiger charge is 2.29. The van der Waals surface area contributed by atoms with Gasteiger partial charge in [-0.25, -0.2) is 4.98 Å². The van der Waals surface area contributed by atoms with Gasteiger partial charge < -0.3 is 4.98 Å². The number of aromatic nitrogens is 2. The number of hydrogen-bond donors (Lipinski definition) is 1. The number of pyridine rings is 1. The minimum absolute atomic E-state index is 0.119. The molecule has 3 heterocycles. The van der Waals surface area contributed by atoms with Crippen molar-refractivity contribution in [2.75, 3.05) is 24.6 Å². The summed E-state index contributed by atoms with van der Waals surface area (Å²) < 4.78 is 11.5. The fourth-order valence-corrected chi connectivity index (χ4v) is 4.29. The quantitative estimate of drug-likeness (QED) is 0.871. The van der Waals surface area contributed by atoms with Gasteiger partial charge in [-0.2, -0.15) is 0 Å². The Balaban J connectivity index is 1.69. The molecule has 4 nitrogen and oxygen atoms in total. The average Bonchev–Trinajstić information content (AvgIpc) is 2.88. The molecule has 0 saturated carbocycles. The summed E-state index contributed by atoms with van der Waals surface area (Å²) in [7, 11) is -0.617. The number of hydrogen-bond acceptors (Lipinski definition) is 3. The van der Waals surface area contributed by atoms with Gasteiger partial charge >= 0.3 is 0 Å². The van der Waals surface area contributed by atoms with E-state index in [1.165, 1.54) is 5.56 Å². The molecular formula is C16H22ClN3OS. The van der Waals surface area contributed by atoms with E-state index in [-0.39, 0.29) is 5.54 Å². The van der Waals surface area contributed by atoms with Crippen LogP contribution in [-0.2, 0) is 17.2 Å². The van der Waals surface area contributed by atoms with Gasteiger partial charge in [-0.05, 0) is 44.4 Å². The first-order valence-corrected chi connectivity index (χ1v) is 9.55. The van der Waals surface area contributed by atoms with Crippen molar-refractivity contribution < 1.29 is 4.21 Å². The molecule has 0 bridgehead atoms. The molecular weight excluding hydrogens is 318 g/mol. The lowest BCUT2D eigenvalue weighted by atomic mass is 9.93. The maximum atomic E-state index is 11.5. The molecule has 6 heteroatoms. The predicted octanol–water partition coefficient (Wildman–Crippen LogP) is 2.99. The summed E-state index contributed by atoms with van der Waals surface area (Å²) in [5.41, 5.74) is 2.26. The average molecular weight is 340 g/mol. The van der Waals surface area contributed by atoms with Crippen molar-refractivity contribution in [2.45, 2.75) is 32.2 Å². The van der Waals surface area contributed by atoms with Gasteiger partial charge in [-0.15, -0.1) is 0 Å². The van der Waals surface area contributed by atoms with Crippen LogP contribution < -0.4 is 0 Å². The Kier molecular flexibility index (Phi) is 4.57. The monoisotopic (exact) mass is 339 g/mol. The second kappa shape index (κ2) is 6.30. The first kappa shape index (κ1) is 16.0. The van der Waals surface area contributed by atoms with Gasteiger partial charge in [0.1, 0.15) is 10.8 Å². The lowest BCUT2D eigenvalue weighted by molar-refractivity contribution is 0.124. The Hall–Kier alpha value is -0.910. The molecule has 0 aromatic carbocycles. The Morgan fingerprint density at radius 1 is 1.36 bits per heavy atom. The first-order valence-electron chi connectivity index (χ1n) is 7.68. The van der Waals surface area contributed by atoms with Crippen molar-refractivity contribution in [1.29, 1.82) is 0 Å².